The smallest absolute Gasteiger partial charge is 0.319 e. The Labute approximate surface area is 128 Å². The van der Waals surface area contributed by atoms with Gasteiger partial charge in [0.2, 0.25) is 0 Å². The highest BCUT2D eigenvalue weighted by Gasteiger charge is 2.17. The molecule has 7 heteroatoms. The lowest BCUT2D eigenvalue weighted by Crippen LogP contribution is -2.29. The molecule has 1 aliphatic heterocycles. The fourth-order valence-corrected chi connectivity index (χ4v) is 2.57. The largest absolute Gasteiger partial charge is 0.495 e. The molecule has 7 nitrogen and oxygen atoms in total. The number of nitrogens with one attached hydrogen (secondary N) is 2. The number of benzene rings is 1. The SMILES string of the molecule is COc1cc(C)ccc1NC(=O)NCc1nnc2n1CCC2. The van der Waals surface area contributed by atoms with Crippen molar-refractivity contribution in [3.63, 3.8) is 0 Å². The second-order valence-electron chi connectivity index (χ2n) is 5.30. The van der Waals surface area contributed by atoms with Crippen LogP contribution in [0.15, 0.2) is 18.2 Å². The molecular formula is C15H19N5O2. The number of aryl methyl sites for hydroxylation is 2. The lowest BCUT2D eigenvalue weighted by molar-refractivity contribution is 0.251. The minimum atomic E-state index is -0.294. The van der Waals surface area contributed by atoms with Crippen LogP contribution in [0.4, 0.5) is 10.5 Å². The Bertz CT molecular complexity index is 695. The fourth-order valence-electron chi connectivity index (χ4n) is 2.57. The summed E-state index contributed by atoms with van der Waals surface area (Å²) < 4.78 is 7.33. The van der Waals surface area contributed by atoms with Crippen LogP contribution in [0.1, 0.15) is 23.6 Å². The van der Waals surface area contributed by atoms with Crippen molar-refractivity contribution < 1.29 is 9.53 Å². The second-order valence-corrected chi connectivity index (χ2v) is 5.30. The van der Waals surface area contributed by atoms with E-state index in [1.807, 2.05) is 25.1 Å². The number of hydrogen-bond donors (Lipinski definition) is 2. The summed E-state index contributed by atoms with van der Waals surface area (Å²) in [5.41, 5.74) is 1.71. The van der Waals surface area contributed by atoms with Crippen molar-refractivity contribution in [1.82, 2.24) is 20.1 Å². The predicted molar refractivity (Wildman–Crippen MR) is 81.9 cm³/mol. The molecule has 0 radical (unpaired) electrons. The summed E-state index contributed by atoms with van der Waals surface area (Å²) in [5, 5.41) is 13.8. The van der Waals surface area contributed by atoms with Gasteiger partial charge in [0.1, 0.15) is 11.6 Å². The first-order valence-electron chi connectivity index (χ1n) is 7.28. The van der Waals surface area contributed by atoms with E-state index in [0.717, 1.165) is 36.6 Å². The minimum Gasteiger partial charge on any atom is -0.495 e. The third-order valence-electron chi connectivity index (χ3n) is 3.70. The first-order chi connectivity index (χ1) is 10.7. The first kappa shape index (κ1) is 14.4. The molecule has 22 heavy (non-hydrogen) atoms. The van der Waals surface area contributed by atoms with E-state index in [4.69, 9.17) is 4.74 Å². The average Bonchev–Trinajstić information content (AvgIpc) is 3.10. The highest BCUT2D eigenvalue weighted by molar-refractivity contribution is 5.90. The number of nitrogens with zero attached hydrogens (tertiary/aromatic N) is 3. The number of carbonyl (C=O) groups excluding carboxylic acids is 1. The number of ether oxygens (including phenoxy) is 1. The van der Waals surface area contributed by atoms with Crippen LogP contribution in [0, 0.1) is 6.92 Å². The van der Waals surface area contributed by atoms with Crippen LogP contribution in [0.25, 0.3) is 0 Å². The summed E-state index contributed by atoms with van der Waals surface area (Å²) in [6.45, 7) is 3.25. The zero-order chi connectivity index (χ0) is 15.5. The van der Waals surface area contributed by atoms with Crippen LogP contribution in [-0.2, 0) is 19.5 Å². The van der Waals surface area contributed by atoms with Gasteiger partial charge in [-0.3, -0.25) is 0 Å². The number of hydrogen-bond acceptors (Lipinski definition) is 4. The van der Waals surface area contributed by atoms with Crippen LogP contribution >= 0.6 is 0 Å². The van der Waals surface area contributed by atoms with E-state index in [-0.39, 0.29) is 6.03 Å². The van der Waals surface area contributed by atoms with Gasteiger partial charge in [-0.15, -0.1) is 10.2 Å². The van der Waals surface area contributed by atoms with Crippen molar-refractivity contribution in [2.75, 3.05) is 12.4 Å². The van der Waals surface area contributed by atoms with Crippen molar-refractivity contribution in [3.05, 3.63) is 35.4 Å². The Kier molecular flexibility index (Phi) is 3.95. The summed E-state index contributed by atoms with van der Waals surface area (Å²) in [4.78, 5) is 12.0. The summed E-state index contributed by atoms with van der Waals surface area (Å²) in [6, 6.07) is 5.32. The maximum atomic E-state index is 12.0. The van der Waals surface area contributed by atoms with E-state index in [1.165, 1.54) is 0 Å². The number of fused-ring (bicyclic) bond motifs is 1. The lowest BCUT2D eigenvalue weighted by atomic mass is 10.2. The van der Waals surface area contributed by atoms with Crippen LogP contribution in [0.2, 0.25) is 0 Å². The van der Waals surface area contributed by atoms with E-state index >= 15 is 0 Å². The van der Waals surface area contributed by atoms with E-state index in [2.05, 4.69) is 25.4 Å². The molecule has 2 heterocycles. The molecule has 0 unspecified atom stereocenters. The fraction of sp³-hybridized carbons (Fsp3) is 0.400. The highest BCUT2D eigenvalue weighted by Crippen LogP contribution is 2.25. The summed E-state index contributed by atoms with van der Waals surface area (Å²) in [6.07, 6.45) is 2.05. The maximum absolute atomic E-state index is 12.0. The van der Waals surface area contributed by atoms with E-state index in [0.29, 0.717) is 18.0 Å². The number of rotatable bonds is 4. The topological polar surface area (TPSA) is 81.1 Å². The van der Waals surface area contributed by atoms with Gasteiger partial charge in [0.15, 0.2) is 5.82 Å². The summed E-state index contributed by atoms with van der Waals surface area (Å²) in [5.74, 6) is 2.43. The molecule has 116 valence electrons. The van der Waals surface area contributed by atoms with Crippen LogP contribution < -0.4 is 15.4 Å². The van der Waals surface area contributed by atoms with Gasteiger partial charge in [0.25, 0.3) is 0 Å². The molecule has 2 N–H and O–H groups in total. The molecule has 0 aliphatic carbocycles. The van der Waals surface area contributed by atoms with E-state index in [9.17, 15) is 4.79 Å². The summed E-state index contributed by atoms with van der Waals surface area (Å²) in [7, 11) is 1.58. The molecule has 3 rings (SSSR count). The number of amides is 2. The zero-order valence-electron chi connectivity index (χ0n) is 12.7. The molecule has 0 atom stereocenters. The van der Waals surface area contributed by atoms with Crippen molar-refractivity contribution in [2.45, 2.75) is 32.9 Å². The van der Waals surface area contributed by atoms with Crippen LogP contribution in [0.3, 0.4) is 0 Å². The third kappa shape index (κ3) is 2.88. The second kappa shape index (κ2) is 6.05. The van der Waals surface area contributed by atoms with Gasteiger partial charge in [-0.25, -0.2) is 4.79 Å². The highest BCUT2D eigenvalue weighted by atomic mass is 16.5. The zero-order valence-corrected chi connectivity index (χ0v) is 12.7. The van der Waals surface area contributed by atoms with Gasteiger partial charge in [-0.2, -0.15) is 0 Å². The Hall–Kier alpha value is -2.57. The molecular weight excluding hydrogens is 282 g/mol. The Morgan fingerprint density at radius 1 is 1.41 bits per heavy atom. The first-order valence-corrected chi connectivity index (χ1v) is 7.28. The number of urea groups is 1. The normalized spacial score (nSPS) is 12.8. The number of aromatic nitrogens is 3. The standard InChI is InChI=1S/C15H19N5O2/c1-10-5-6-11(12(8-10)22-2)17-15(21)16-9-14-19-18-13-4-3-7-20(13)14/h5-6,8H,3-4,7,9H2,1-2H3,(H2,16,17,21). The molecule has 0 spiro atoms. The van der Waals surface area contributed by atoms with Crippen molar-refractivity contribution >= 4 is 11.7 Å². The molecule has 1 aliphatic rings. The molecule has 0 fully saturated rings. The monoisotopic (exact) mass is 301 g/mol. The quantitative estimate of drug-likeness (QED) is 0.903. The Balaban J connectivity index is 1.61. The molecule has 0 saturated carbocycles. The molecule has 1 aromatic heterocycles. The van der Waals surface area contributed by atoms with Crippen molar-refractivity contribution in [3.8, 4) is 5.75 Å². The van der Waals surface area contributed by atoms with Crippen LogP contribution in [-0.4, -0.2) is 27.9 Å². The Morgan fingerprint density at radius 2 is 2.27 bits per heavy atom. The van der Waals surface area contributed by atoms with Gasteiger partial charge < -0.3 is 19.9 Å². The van der Waals surface area contributed by atoms with Crippen molar-refractivity contribution in [2.24, 2.45) is 0 Å². The molecule has 2 aromatic rings. The number of methoxy groups -OCH3 is 1. The lowest BCUT2D eigenvalue weighted by Gasteiger charge is -2.11. The summed E-state index contributed by atoms with van der Waals surface area (Å²) >= 11 is 0. The van der Waals surface area contributed by atoms with Gasteiger partial charge >= 0.3 is 6.03 Å². The predicted octanol–water partition coefficient (Wildman–Crippen LogP) is 1.86. The molecule has 0 bridgehead atoms. The van der Waals surface area contributed by atoms with Crippen molar-refractivity contribution in [1.29, 1.82) is 0 Å². The van der Waals surface area contributed by atoms with Crippen LogP contribution in [0.5, 0.6) is 5.75 Å². The van der Waals surface area contributed by atoms with Gasteiger partial charge in [0.05, 0.1) is 19.3 Å². The molecule has 2 amide bonds. The van der Waals surface area contributed by atoms with Gasteiger partial charge in [-0.1, -0.05) is 6.07 Å². The minimum absolute atomic E-state index is 0.294. The van der Waals surface area contributed by atoms with E-state index < -0.39 is 0 Å². The molecule has 1 aromatic carbocycles. The number of carbonyl (C=O) groups is 1. The number of anilines is 1. The van der Waals surface area contributed by atoms with Gasteiger partial charge in [-0.05, 0) is 31.0 Å². The molecule has 0 saturated heterocycles. The van der Waals surface area contributed by atoms with Gasteiger partial charge in [0, 0.05) is 13.0 Å². The average molecular weight is 301 g/mol. The third-order valence-corrected chi connectivity index (χ3v) is 3.70. The van der Waals surface area contributed by atoms with E-state index in [1.54, 1.807) is 7.11 Å². The maximum Gasteiger partial charge on any atom is 0.319 e. The Morgan fingerprint density at radius 3 is 3.09 bits per heavy atom.